The van der Waals surface area contributed by atoms with E-state index >= 15 is 0 Å². The molecule has 8 heavy (non-hydrogen) atoms. The Morgan fingerprint density at radius 1 is 1.62 bits per heavy atom. The Labute approximate surface area is 47.8 Å². The van der Waals surface area contributed by atoms with E-state index in [2.05, 4.69) is 0 Å². The number of hydrogen-bond acceptors (Lipinski definition) is 2. The van der Waals surface area contributed by atoms with E-state index in [0.717, 1.165) is 6.42 Å². The van der Waals surface area contributed by atoms with Crippen LogP contribution in [0, 0.1) is 0 Å². The minimum atomic E-state index is -0.231. The van der Waals surface area contributed by atoms with Crippen LogP contribution in [0.4, 0.5) is 0 Å². The van der Waals surface area contributed by atoms with Crippen LogP contribution in [0.1, 0.15) is 6.42 Å². The van der Waals surface area contributed by atoms with Crippen LogP contribution in [0.3, 0.4) is 0 Å². The van der Waals surface area contributed by atoms with Crippen molar-refractivity contribution in [2.24, 2.45) is 0 Å². The number of rotatable bonds is 0. The Morgan fingerprint density at radius 2 is 2.50 bits per heavy atom. The molecule has 1 fully saturated rings. The van der Waals surface area contributed by atoms with Gasteiger partial charge in [-0.3, -0.25) is 0 Å². The summed E-state index contributed by atoms with van der Waals surface area (Å²) < 4.78 is 5.05. The third-order valence-electron chi connectivity index (χ3n) is 1.64. The van der Waals surface area contributed by atoms with Gasteiger partial charge in [0.1, 0.15) is 12.2 Å². The second-order valence-electron chi connectivity index (χ2n) is 2.30. The highest BCUT2D eigenvalue weighted by molar-refractivity contribution is 5.11. The van der Waals surface area contributed by atoms with Crippen molar-refractivity contribution >= 4 is 0 Å². The van der Waals surface area contributed by atoms with Crippen LogP contribution < -0.4 is 0 Å². The van der Waals surface area contributed by atoms with Crippen LogP contribution in [0.2, 0.25) is 0 Å². The molecule has 1 aliphatic heterocycles. The standard InChI is InChI=1S/C6H8O2/c7-4-2-1-3-5-6(4)8-5/h1,3-7H,2H2. The third kappa shape index (κ3) is 0.501. The minimum Gasteiger partial charge on any atom is -0.390 e. The van der Waals surface area contributed by atoms with E-state index in [0.29, 0.717) is 0 Å². The molecule has 3 unspecified atom stereocenters. The second-order valence-corrected chi connectivity index (χ2v) is 2.30. The number of hydrogen-bond donors (Lipinski definition) is 1. The molecule has 0 amide bonds. The van der Waals surface area contributed by atoms with Gasteiger partial charge in [-0.15, -0.1) is 0 Å². The first-order valence-corrected chi connectivity index (χ1v) is 2.88. The maximum Gasteiger partial charge on any atom is 0.114 e. The molecule has 1 N–H and O–H groups in total. The zero-order valence-corrected chi connectivity index (χ0v) is 4.45. The van der Waals surface area contributed by atoms with Gasteiger partial charge >= 0.3 is 0 Å². The van der Waals surface area contributed by atoms with E-state index in [9.17, 15) is 0 Å². The molecule has 3 atom stereocenters. The Morgan fingerprint density at radius 3 is 3.12 bits per heavy atom. The van der Waals surface area contributed by atoms with E-state index in [-0.39, 0.29) is 18.3 Å². The quantitative estimate of drug-likeness (QED) is 0.355. The second kappa shape index (κ2) is 1.33. The lowest BCUT2D eigenvalue weighted by Gasteiger charge is -2.04. The first kappa shape index (κ1) is 4.53. The Hall–Kier alpha value is -0.340. The van der Waals surface area contributed by atoms with Gasteiger partial charge in [0.25, 0.3) is 0 Å². The van der Waals surface area contributed by atoms with Crippen LogP contribution in [-0.2, 0) is 4.74 Å². The molecule has 44 valence electrons. The monoisotopic (exact) mass is 112 g/mol. The highest BCUT2D eigenvalue weighted by atomic mass is 16.6. The maximum absolute atomic E-state index is 9.04. The summed E-state index contributed by atoms with van der Waals surface area (Å²) in [5.41, 5.74) is 0. The lowest BCUT2D eigenvalue weighted by atomic mass is 10.1. The van der Waals surface area contributed by atoms with Crippen molar-refractivity contribution in [3.05, 3.63) is 12.2 Å². The molecular formula is C6H8O2. The van der Waals surface area contributed by atoms with E-state index in [1.54, 1.807) is 0 Å². The van der Waals surface area contributed by atoms with Gasteiger partial charge in [0.15, 0.2) is 0 Å². The summed E-state index contributed by atoms with van der Waals surface area (Å²) in [4.78, 5) is 0. The predicted octanol–water partition coefficient (Wildman–Crippen LogP) is 0.0746. The largest absolute Gasteiger partial charge is 0.390 e. The highest BCUT2D eigenvalue weighted by Gasteiger charge is 2.43. The summed E-state index contributed by atoms with van der Waals surface area (Å²) in [5, 5.41) is 9.04. The van der Waals surface area contributed by atoms with Gasteiger partial charge in [-0.05, 0) is 6.42 Å². The zero-order chi connectivity index (χ0) is 5.56. The minimum absolute atomic E-state index is 0.139. The summed E-state index contributed by atoms with van der Waals surface area (Å²) in [5.74, 6) is 0. The van der Waals surface area contributed by atoms with Gasteiger partial charge in [0, 0.05) is 0 Å². The van der Waals surface area contributed by atoms with Crippen molar-refractivity contribution in [2.75, 3.05) is 0 Å². The molecule has 2 aliphatic rings. The first-order valence-electron chi connectivity index (χ1n) is 2.88. The van der Waals surface area contributed by atoms with Crippen molar-refractivity contribution in [2.45, 2.75) is 24.7 Å². The molecule has 0 spiro atoms. The number of aliphatic hydroxyl groups is 1. The number of ether oxygens (including phenoxy) is 1. The van der Waals surface area contributed by atoms with Gasteiger partial charge in [-0.2, -0.15) is 0 Å². The van der Waals surface area contributed by atoms with E-state index in [1.807, 2.05) is 12.2 Å². The predicted molar refractivity (Wildman–Crippen MR) is 28.4 cm³/mol. The Balaban J connectivity index is 2.13. The van der Waals surface area contributed by atoms with Crippen LogP contribution in [-0.4, -0.2) is 23.4 Å². The lowest BCUT2D eigenvalue weighted by molar-refractivity contribution is 0.138. The number of epoxide rings is 1. The van der Waals surface area contributed by atoms with Gasteiger partial charge in [0.2, 0.25) is 0 Å². The number of fused-ring (bicyclic) bond motifs is 1. The lowest BCUT2D eigenvalue weighted by Crippen LogP contribution is -2.17. The topological polar surface area (TPSA) is 32.8 Å². The van der Waals surface area contributed by atoms with Crippen LogP contribution >= 0.6 is 0 Å². The molecule has 0 aromatic heterocycles. The van der Waals surface area contributed by atoms with E-state index < -0.39 is 0 Å². The van der Waals surface area contributed by atoms with Crippen LogP contribution in [0.5, 0.6) is 0 Å². The smallest absolute Gasteiger partial charge is 0.114 e. The maximum atomic E-state index is 9.04. The Bertz CT molecular complexity index is 130. The van der Waals surface area contributed by atoms with Crippen molar-refractivity contribution in [1.82, 2.24) is 0 Å². The van der Waals surface area contributed by atoms with Crippen LogP contribution in [0.15, 0.2) is 12.2 Å². The molecule has 0 radical (unpaired) electrons. The SMILES string of the molecule is OC1CC=CC2OC12. The Kier molecular flexibility index (Phi) is 0.754. The van der Waals surface area contributed by atoms with E-state index in [4.69, 9.17) is 9.84 Å². The zero-order valence-electron chi connectivity index (χ0n) is 4.45. The van der Waals surface area contributed by atoms with Gasteiger partial charge < -0.3 is 9.84 Å². The molecule has 0 saturated carbocycles. The van der Waals surface area contributed by atoms with E-state index in [1.165, 1.54) is 0 Å². The van der Waals surface area contributed by atoms with Crippen molar-refractivity contribution in [3.63, 3.8) is 0 Å². The highest BCUT2D eigenvalue weighted by Crippen LogP contribution is 2.31. The van der Waals surface area contributed by atoms with Crippen molar-refractivity contribution in [3.8, 4) is 0 Å². The normalized spacial score (nSPS) is 50.9. The molecule has 1 saturated heterocycles. The van der Waals surface area contributed by atoms with Crippen molar-refractivity contribution < 1.29 is 9.84 Å². The fraction of sp³-hybridized carbons (Fsp3) is 0.667. The van der Waals surface area contributed by atoms with Crippen LogP contribution in [0.25, 0.3) is 0 Å². The summed E-state index contributed by atoms with van der Waals surface area (Å²) >= 11 is 0. The molecule has 1 heterocycles. The molecule has 2 heteroatoms. The molecule has 0 bridgehead atoms. The van der Waals surface area contributed by atoms with Gasteiger partial charge in [0.05, 0.1) is 6.10 Å². The van der Waals surface area contributed by atoms with Gasteiger partial charge in [-0.1, -0.05) is 12.2 Å². The molecule has 0 aromatic rings. The molecule has 0 aromatic carbocycles. The van der Waals surface area contributed by atoms with Crippen molar-refractivity contribution in [1.29, 1.82) is 0 Å². The third-order valence-corrected chi connectivity index (χ3v) is 1.64. The molecule has 2 nitrogen and oxygen atoms in total. The molecule has 2 rings (SSSR count). The fourth-order valence-corrected chi connectivity index (χ4v) is 1.09. The molecule has 1 aliphatic carbocycles. The summed E-state index contributed by atoms with van der Waals surface area (Å²) in [6, 6.07) is 0. The molecular weight excluding hydrogens is 104 g/mol. The average molecular weight is 112 g/mol. The number of aliphatic hydroxyl groups excluding tert-OH is 1. The summed E-state index contributed by atoms with van der Waals surface area (Å²) in [7, 11) is 0. The average Bonchev–Trinajstić information content (AvgIpc) is 2.45. The van der Waals surface area contributed by atoms with Gasteiger partial charge in [-0.25, -0.2) is 0 Å². The summed E-state index contributed by atoms with van der Waals surface area (Å²) in [6.45, 7) is 0. The summed E-state index contributed by atoms with van der Waals surface area (Å²) in [6.07, 6.45) is 4.90. The first-order chi connectivity index (χ1) is 3.88. The fourth-order valence-electron chi connectivity index (χ4n) is 1.09.